The average Bonchev–Trinajstić information content (AvgIpc) is 2.73. The number of nitrogens with one attached hydrogen (secondary N) is 1. The summed E-state index contributed by atoms with van der Waals surface area (Å²) in [7, 11) is 0. The molecule has 31 heavy (non-hydrogen) atoms. The van der Waals surface area contributed by atoms with E-state index in [0.29, 0.717) is 11.8 Å². The van der Waals surface area contributed by atoms with Crippen LogP contribution in [-0.2, 0) is 11.8 Å². The molecule has 0 saturated heterocycles. The minimum atomic E-state index is -0.207. The summed E-state index contributed by atoms with van der Waals surface area (Å²) in [4.78, 5) is 0. The Morgan fingerprint density at radius 3 is 2.48 bits per heavy atom. The van der Waals surface area contributed by atoms with Gasteiger partial charge in [-0.05, 0) is 97.2 Å². The van der Waals surface area contributed by atoms with Gasteiger partial charge in [-0.1, -0.05) is 57.5 Å². The van der Waals surface area contributed by atoms with E-state index in [0.717, 1.165) is 18.5 Å². The Kier molecular flexibility index (Phi) is 6.29. The van der Waals surface area contributed by atoms with Crippen LogP contribution >= 0.6 is 0 Å². The van der Waals surface area contributed by atoms with Crippen molar-refractivity contribution in [2.45, 2.75) is 89.1 Å². The summed E-state index contributed by atoms with van der Waals surface area (Å²) in [6, 6.07) is 13.8. The van der Waals surface area contributed by atoms with Crippen molar-refractivity contribution in [3.8, 4) is 0 Å². The maximum absolute atomic E-state index is 13.2. The van der Waals surface area contributed by atoms with Crippen LogP contribution in [0.1, 0.15) is 94.0 Å². The van der Waals surface area contributed by atoms with Gasteiger partial charge in [0.25, 0.3) is 0 Å². The average molecular weight is 423 g/mol. The maximum atomic E-state index is 13.2. The summed E-state index contributed by atoms with van der Waals surface area (Å²) in [5, 5.41) is 3.94. The van der Waals surface area contributed by atoms with Gasteiger partial charge in [-0.3, -0.25) is 0 Å². The summed E-state index contributed by atoms with van der Waals surface area (Å²) in [6.07, 6.45) is 7.04. The Morgan fingerprint density at radius 1 is 1.06 bits per heavy atom. The predicted octanol–water partition coefficient (Wildman–Crippen LogP) is 6.39. The number of nitrogens with two attached hydrogens (primary N) is 1. The van der Waals surface area contributed by atoms with Gasteiger partial charge < -0.3 is 11.1 Å². The number of benzene rings is 2. The lowest BCUT2D eigenvalue weighted by Crippen LogP contribution is -2.60. The minimum Gasteiger partial charge on any atom is -0.324 e. The molecule has 4 atom stereocenters. The van der Waals surface area contributed by atoms with Crippen molar-refractivity contribution in [1.29, 1.82) is 0 Å². The van der Waals surface area contributed by atoms with E-state index in [4.69, 9.17) is 5.73 Å². The van der Waals surface area contributed by atoms with Gasteiger partial charge in [0, 0.05) is 11.6 Å². The Bertz CT molecular complexity index is 906. The molecule has 2 aliphatic rings. The molecule has 168 valence electrons. The first-order valence-electron chi connectivity index (χ1n) is 12.1. The molecule has 2 aliphatic carbocycles. The maximum Gasteiger partial charge on any atom is 0.123 e. The predicted molar refractivity (Wildman–Crippen MR) is 128 cm³/mol. The Hall–Kier alpha value is -1.71. The molecule has 3 heteroatoms. The molecule has 0 spiro atoms. The fourth-order valence-electron chi connectivity index (χ4n) is 6.47. The molecule has 2 aromatic rings. The summed E-state index contributed by atoms with van der Waals surface area (Å²) in [5.41, 5.74) is 12.4. The lowest BCUT2D eigenvalue weighted by atomic mass is 9.52. The molecule has 0 radical (unpaired) electrons. The lowest BCUT2D eigenvalue weighted by molar-refractivity contribution is 0.0622. The summed E-state index contributed by atoms with van der Waals surface area (Å²) >= 11 is 0. The summed E-state index contributed by atoms with van der Waals surface area (Å²) in [6.45, 7) is 10.4. The third-order valence-corrected chi connectivity index (χ3v) is 8.33. The smallest absolute Gasteiger partial charge is 0.123 e. The fraction of sp³-hybridized carbons (Fsp3) is 0.571. The number of rotatable bonds is 6. The van der Waals surface area contributed by atoms with E-state index in [1.807, 2.05) is 12.1 Å². The molecule has 0 amide bonds. The molecular formula is C28H39FN2. The van der Waals surface area contributed by atoms with Crippen molar-refractivity contribution >= 4 is 0 Å². The Labute approximate surface area is 187 Å². The summed E-state index contributed by atoms with van der Waals surface area (Å²) < 4.78 is 13.2. The molecular weight excluding hydrogens is 383 g/mol. The molecule has 4 rings (SSSR count). The fourth-order valence-corrected chi connectivity index (χ4v) is 6.47. The van der Waals surface area contributed by atoms with Gasteiger partial charge in [0.1, 0.15) is 5.82 Å². The zero-order valence-corrected chi connectivity index (χ0v) is 19.7. The highest BCUT2D eigenvalue weighted by molar-refractivity contribution is 5.42. The van der Waals surface area contributed by atoms with Crippen LogP contribution in [0.5, 0.6) is 0 Å². The van der Waals surface area contributed by atoms with Crippen molar-refractivity contribution < 1.29 is 4.39 Å². The molecule has 1 fully saturated rings. The number of hydrogen-bond donors (Lipinski definition) is 2. The van der Waals surface area contributed by atoms with Crippen LogP contribution in [0.3, 0.4) is 0 Å². The van der Waals surface area contributed by atoms with Crippen molar-refractivity contribution in [2.75, 3.05) is 6.54 Å². The standard InChI is InChI=1S/C28H39FN2/c1-19(2)21-8-12-24-22(18-21)9-13-26-27(24,3)15-5-16-28(26,4)31-17-14-25(30)20-6-10-23(29)11-7-20/h6-8,10-12,18-19,25-26,31H,5,9,13-17,30H2,1-4H3/t25?,26?,27-,28-/m1/s1. The zero-order valence-electron chi connectivity index (χ0n) is 19.7. The second-order valence-electron chi connectivity index (χ2n) is 10.7. The second-order valence-corrected chi connectivity index (χ2v) is 10.7. The van der Waals surface area contributed by atoms with Gasteiger partial charge in [-0.25, -0.2) is 4.39 Å². The summed E-state index contributed by atoms with van der Waals surface area (Å²) in [5.74, 6) is 1.01. The minimum absolute atomic E-state index is 0.0618. The molecule has 0 heterocycles. The molecule has 0 aromatic heterocycles. The molecule has 2 nitrogen and oxygen atoms in total. The van der Waals surface area contributed by atoms with E-state index in [-0.39, 0.29) is 22.8 Å². The van der Waals surface area contributed by atoms with Crippen LogP contribution < -0.4 is 11.1 Å². The van der Waals surface area contributed by atoms with E-state index in [1.54, 1.807) is 11.1 Å². The van der Waals surface area contributed by atoms with Crippen LogP contribution in [0, 0.1) is 11.7 Å². The number of aryl methyl sites for hydroxylation is 1. The molecule has 1 saturated carbocycles. The van der Waals surface area contributed by atoms with Crippen molar-refractivity contribution in [3.63, 3.8) is 0 Å². The van der Waals surface area contributed by atoms with Gasteiger partial charge in [0.2, 0.25) is 0 Å². The Morgan fingerprint density at radius 2 is 1.77 bits per heavy atom. The lowest BCUT2D eigenvalue weighted by Gasteiger charge is -2.56. The molecule has 3 N–H and O–H groups in total. The van der Waals surface area contributed by atoms with E-state index in [1.165, 1.54) is 49.8 Å². The molecule has 2 unspecified atom stereocenters. The van der Waals surface area contributed by atoms with Crippen molar-refractivity contribution in [1.82, 2.24) is 5.32 Å². The second kappa shape index (κ2) is 8.67. The van der Waals surface area contributed by atoms with Crippen LogP contribution in [0.4, 0.5) is 4.39 Å². The van der Waals surface area contributed by atoms with Gasteiger partial charge in [0.05, 0.1) is 0 Å². The number of halogens is 1. The highest BCUT2D eigenvalue weighted by Gasteiger charge is 2.51. The molecule has 2 aromatic carbocycles. The van der Waals surface area contributed by atoms with Gasteiger partial charge in [0.15, 0.2) is 0 Å². The normalized spacial score (nSPS) is 28.8. The first kappa shape index (κ1) is 22.5. The van der Waals surface area contributed by atoms with Gasteiger partial charge in [-0.15, -0.1) is 0 Å². The van der Waals surface area contributed by atoms with Crippen LogP contribution in [0.2, 0.25) is 0 Å². The van der Waals surface area contributed by atoms with Crippen molar-refractivity contribution in [3.05, 3.63) is 70.5 Å². The van der Waals surface area contributed by atoms with Crippen LogP contribution in [0.25, 0.3) is 0 Å². The van der Waals surface area contributed by atoms with E-state index in [9.17, 15) is 4.39 Å². The first-order chi connectivity index (χ1) is 14.7. The topological polar surface area (TPSA) is 38.0 Å². The number of fused-ring (bicyclic) bond motifs is 3. The van der Waals surface area contributed by atoms with Gasteiger partial charge in [-0.2, -0.15) is 0 Å². The molecule has 0 aliphatic heterocycles. The van der Waals surface area contributed by atoms with Crippen molar-refractivity contribution in [2.24, 2.45) is 11.7 Å². The van der Waals surface area contributed by atoms with E-state index >= 15 is 0 Å². The first-order valence-corrected chi connectivity index (χ1v) is 12.1. The van der Waals surface area contributed by atoms with Crippen LogP contribution in [-0.4, -0.2) is 12.1 Å². The monoisotopic (exact) mass is 422 g/mol. The van der Waals surface area contributed by atoms with E-state index < -0.39 is 0 Å². The third kappa shape index (κ3) is 4.32. The highest BCUT2D eigenvalue weighted by atomic mass is 19.1. The largest absolute Gasteiger partial charge is 0.324 e. The Balaban J connectivity index is 1.47. The third-order valence-electron chi connectivity index (χ3n) is 8.33. The highest BCUT2D eigenvalue weighted by Crippen LogP contribution is 2.53. The molecule has 0 bridgehead atoms. The number of hydrogen-bond acceptors (Lipinski definition) is 2. The van der Waals surface area contributed by atoms with Gasteiger partial charge >= 0.3 is 0 Å². The zero-order chi connectivity index (χ0) is 22.2. The van der Waals surface area contributed by atoms with E-state index in [2.05, 4.69) is 51.2 Å². The quantitative estimate of drug-likeness (QED) is 0.566. The SMILES string of the molecule is CC(C)c1ccc2c(c1)CCC1[C@](C)(NCCC(N)c3ccc(F)cc3)CCC[C@]21C. The van der Waals surface area contributed by atoms with Crippen LogP contribution in [0.15, 0.2) is 42.5 Å².